The van der Waals surface area contributed by atoms with Crippen LogP contribution in [0.15, 0.2) is 134 Å². The second kappa shape index (κ2) is 9.22. The van der Waals surface area contributed by atoms with E-state index in [0.29, 0.717) is 11.8 Å². The largest absolute Gasteiger partial charge is 0.312 e. The first-order chi connectivity index (χ1) is 20.8. The van der Waals surface area contributed by atoms with Crippen molar-refractivity contribution in [1.29, 1.82) is 0 Å². The molecule has 2 heterocycles. The zero-order valence-corrected chi connectivity index (χ0v) is 23.3. The molecule has 2 atom stereocenters. The molecule has 0 fully saturated rings. The van der Waals surface area contributed by atoms with Gasteiger partial charge in [-0.05, 0) is 72.5 Å². The lowest BCUT2D eigenvalue weighted by atomic mass is 9.82. The minimum atomic E-state index is 0.342. The second-order valence-electron chi connectivity index (χ2n) is 11.6. The Hall–Kier alpha value is -5.08. The molecule has 4 aromatic carbocycles. The summed E-state index contributed by atoms with van der Waals surface area (Å²) in [5.74, 6) is 0.745. The van der Waals surface area contributed by atoms with Crippen LogP contribution in [0.1, 0.15) is 12.8 Å². The Bertz CT molecular complexity index is 2300. The monoisotopic (exact) mass is 538 g/mol. The van der Waals surface area contributed by atoms with E-state index in [1.165, 1.54) is 65.8 Å². The van der Waals surface area contributed by atoms with Gasteiger partial charge in [0.25, 0.3) is 0 Å². The molecule has 2 unspecified atom stereocenters. The van der Waals surface area contributed by atoms with E-state index in [2.05, 4.69) is 155 Å². The van der Waals surface area contributed by atoms with Crippen molar-refractivity contribution >= 4 is 50.6 Å². The molecule has 2 nitrogen and oxygen atoms in total. The van der Waals surface area contributed by atoms with Gasteiger partial charge in [0.1, 0.15) is 0 Å². The van der Waals surface area contributed by atoms with Crippen LogP contribution in [0.3, 0.4) is 0 Å². The molecule has 0 saturated heterocycles. The van der Waals surface area contributed by atoms with Gasteiger partial charge in [-0.25, -0.2) is 0 Å². The fourth-order valence-corrected chi connectivity index (χ4v) is 7.38. The molecular formula is C40H30N2. The van der Waals surface area contributed by atoms with E-state index in [4.69, 9.17) is 0 Å². The van der Waals surface area contributed by atoms with Crippen molar-refractivity contribution in [3.8, 4) is 16.8 Å². The average Bonchev–Trinajstić information content (AvgIpc) is 3.57. The molecule has 200 valence electrons. The quantitative estimate of drug-likeness (QED) is 0.214. The standard InChI is InChI=1S/C40H30N2/c1-2-13-30(14-3-1)41-37-18-8-6-16-32(37)34-25-28(21-23-39(34)41)29-22-24-40-35(26-29)33-17-7-9-19-38(33)42(40)36-20-10-12-27-11-4-5-15-31(27)36/h1-5,7,9-27,31H,6,8H2. The van der Waals surface area contributed by atoms with E-state index in [1.807, 2.05) is 0 Å². The predicted molar refractivity (Wildman–Crippen MR) is 178 cm³/mol. The maximum atomic E-state index is 2.49. The summed E-state index contributed by atoms with van der Waals surface area (Å²) in [5.41, 5.74) is 8.86. The van der Waals surface area contributed by atoms with E-state index in [0.717, 1.165) is 12.8 Å². The fraction of sp³-hybridized carbons (Fsp3) is 0.100. The molecule has 6 aromatic rings. The molecule has 2 heteroatoms. The van der Waals surface area contributed by atoms with Gasteiger partial charge >= 0.3 is 0 Å². The van der Waals surface area contributed by atoms with E-state index in [1.54, 1.807) is 0 Å². The number of nitrogens with zero attached hydrogens (tertiary/aromatic N) is 2. The van der Waals surface area contributed by atoms with Crippen molar-refractivity contribution in [1.82, 2.24) is 9.13 Å². The molecule has 3 aliphatic rings. The van der Waals surface area contributed by atoms with Crippen LogP contribution >= 0.6 is 0 Å². The van der Waals surface area contributed by atoms with Crippen LogP contribution in [0, 0.1) is 11.8 Å². The molecule has 42 heavy (non-hydrogen) atoms. The van der Waals surface area contributed by atoms with Crippen molar-refractivity contribution < 1.29 is 0 Å². The summed E-state index contributed by atoms with van der Waals surface area (Å²) in [6.45, 7) is 0. The number of allylic oxidation sites excluding steroid dienone is 8. The third-order valence-corrected chi connectivity index (χ3v) is 9.30. The number of benzene rings is 4. The Labute approximate surface area is 244 Å². The number of aromatic nitrogens is 2. The highest BCUT2D eigenvalue weighted by atomic mass is 15.0. The Morgan fingerprint density at radius 3 is 2.12 bits per heavy atom. The van der Waals surface area contributed by atoms with Crippen LogP contribution in [-0.2, 0) is 0 Å². The lowest BCUT2D eigenvalue weighted by molar-refractivity contribution is 0.655. The lowest BCUT2D eigenvalue weighted by Crippen LogP contribution is -2.30. The molecule has 0 bridgehead atoms. The highest BCUT2D eigenvalue weighted by molar-refractivity contribution is 6.11. The molecule has 0 spiro atoms. The van der Waals surface area contributed by atoms with E-state index >= 15 is 0 Å². The Kier molecular flexibility index (Phi) is 5.18. The zero-order valence-electron chi connectivity index (χ0n) is 23.3. The van der Waals surface area contributed by atoms with Crippen molar-refractivity contribution in [3.05, 3.63) is 144 Å². The summed E-state index contributed by atoms with van der Waals surface area (Å²) >= 11 is 0. The summed E-state index contributed by atoms with van der Waals surface area (Å²) in [5, 5.41) is 6.61. The molecule has 0 amide bonds. The lowest BCUT2D eigenvalue weighted by Gasteiger charge is -2.28. The number of hydrogen-bond donors (Lipinski definition) is 0. The normalized spacial score (nSPS) is 19.0. The van der Waals surface area contributed by atoms with Gasteiger partial charge in [0.2, 0.25) is 0 Å². The predicted octanol–water partition coefficient (Wildman–Crippen LogP) is 8.53. The van der Waals surface area contributed by atoms with Gasteiger partial charge in [-0.1, -0.05) is 97.1 Å². The highest BCUT2D eigenvalue weighted by Gasteiger charge is 2.26. The van der Waals surface area contributed by atoms with Crippen molar-refractivity contribution in [2.24, 2.45) is 11.8 Å². The topological polar surface area (TPSA) is 9.86 Å². The van der Waals surface area contributed by atoms with Gasteiger partial charge in [0.05, 0.1) is 16.6 Å². The molecular weight excluding hydrogens is 508 g/mol. The first-order valence-electron chi connectivity index (χ1n) is 15.0. The van der Waals surface area contributed by atoms with Crippen molar-refractivity contribution in [2.45, 2.75) is 12.8 Å². The smallest absolute Gasteiger partial charge is 0.0541 e. The number of fused-ring (bicyclic) bond motifs is 7. The van der Waals surface area contributed by atoms with Crippen molar-refractivity contribution in [2.75, 3.05) is 0 Å². The first kappa shape index (κ1) is 23.6. The van der Waals surface area contributed by atoms with Crippen molar-refractivity contribution in [3.63, 3.8) is 0 Å². The summed E-state index contributed by atoms with van der Waals surface area (Å²) in [6, 6.07) is 33.7. The Morgan fingerprint density at radius 2 is 1.24 bits per heavy atom. The van der Waals surface area contributed by atoms with Crippen LogP contribution in [0.25, 0.3) is 67.4 Å². The van der Waals surface area contributed by atoms with Gasteiger partial charge in [-0.3, -0.25) is 0 Å². The molecule has 9 rings (SSSR count). The summed E-state index contributed by atoms with van der Waals surface area (Å²) in [4.78, 5) is 0. The minimum absolute atomic E-state index is 0.342. The van der Waals surface area contributed by atoms with Crippen LogP contribution in [0.4, 0.5) is 0 Å². The van der Waals surface area contributed by atoms with Gasteiger partial charge in [0.15, 0.2) is 0 Å². The van der Waals surface area contributed by atoms with Crippen LogP contribution < -0.4 is 10.6 Å². The average molecular weight is 539 g/mol. The van der Waals surface area contributed by atoms with Gasteiger partial charge in [-0.2, -0.15) is 0 Å². The second-order valence-corrected chi connectivity index (χ2v) is 11.6. The molecule has 0 aliphatic heterocycles. The van der Waals surface area contributed by atoms with E-state index < -0.39 is 0 Å². The number of para-hydroxylation sites is 2. The highest BCUT2D eigenvalue weighted by Crippen LogP contribution is 2.41. The minimum Gasteiger partial charge on any atom is -0.312 e. The third-order valence-electron chi connectivity index (χ3n) is 9.30. The first-order valence-corrected chi connectivity index (χ1v) is 15.0. The van der Waals surface area contributed by atoms with E-state index in [-0.39, 0.29) is 0 Å². The fourth-order valence-electron chi connectivity index (χ4n) is 7.38. The molecule has 0 N–H and O–H groups in total. The number of rotatable bonds is 3. The Morgan fingerprint density at radius 1 is 0.548 bits per heavy atom. The molecule has 2 aromatic heterocycles. The van der Waals surface area contributed by atoms with Gasteiger partial charge < -0.3 is 9.13 Å². The van der Waals surface area contributed by atoms with Crippen LogP contribution in [0.2, 0.25) is 0 Å². The maximum Gasteiger partial charge on any atom is 0.0541 e. The summed E-state index contributed by atoms with van der Waals surface area (Å²) in [6.07, 6.45) is 22.9. The maximum absolute atomic E-state index is 2.49. The number of hydrogen-bond acceptors (Lipinski definition) is 0. The molecule has 3 aliphatic carbocycles. The van der Waals surface area contributed by atoms with Crippen LogP contribution in [0.5, 0.6) is 0 Å². The van der Waals surface area contributed by atoms with Crippen LogP contribution in [-0.4, -0.2) is 9.13 Å². The summed E-state index contributed by atoms with van der Waals surface area (Å²) in [7, 11) is 0. The zero-order chi connectivity index (χ0) is 27.6. The van der Waals surface area contributed by atoms with Gasteiger partial charge in [-0.15, -0.1) is 0 Å². The van der Waals surface area contributed by atoms with E-state index in [9.17, 15) is 0 Å². The Balaban J connectivity index is 1.24. The third kappa shape index (κ3) is 3.45. The van der Waals surface area contributed by atoms with Gasteiger partial charge in [0, 0.05) is 49.9 Å². The molecule has 0 radical (unpaired) electrons. The summed E-state index contributed by atoms with van der Waals surface area (Å²) < 4.78 is 4.92. The molecule has 0 saturated carbocycles. The SMILES string of the molecule is C1=CC2C=CC=C(n3c4ccccc4c4cc(-c5ccc6c(c5)c5c(n6-c6ccccc6)=CCCC=5)ccc43)C2C=C1.